The number of aliphatic hydroxyl groups is 1. The van der Waals surface area contributed by atoms with Gasteiger partial charge in [-0.25, -0.2) is 12.9 Å². The molecule has 0 aliphatic carbocycles. The number of hydrogen-bond acceptors (Lipinski definition) is 10. The fourth-order valence-electron chi connectivity index (χ4n) is 9.13. The molecule has 0 amide bonds. The van der Waals surface area contributed by atoms with Crippen molar-refractivity contribution in [3.63, 3.8) is 0 Å². The Morgan fingerprint density at radius 1 is 0.317 bits per heavy atom. The first kappa shape index (κ1) is 64.2. The molecule has 82 heavy (non-hydrogen) atoms. The molecular weight excluding hydrogens is 1250 g/mol. The Hall–Kier alpha value is -5.34. The molecule has 0 unspecified atom stereocenters. The number of benzene rings is 10. The average Bonchev–Trinajstić information content (AvgIpc) is 3.59. The molecule has 1 aliphatic heterocycles. The Morgan fingerprint density at radius 3 is 0.622 bits per heavy atom. The summed E-state index contributed by atoms with van der Waals surface area (Å²) in [6.45, 7) is 0. The maximum atomic E-state index is 10.2. The molecule has 1 fully saturated rings. The quantitative estimate of drug-likeness (QED) is 0.0663. The Bertz CT molecular complexity index is 3230. The van der Waals surface area contributed by atoms with Gasteiger partial charge < -0.3 is 19.8 Å². The third kappa shape index (κ3) is 16.7. The summed E-state index contributed by atoms with van der Waals surface area (Å²) in [6, 6.07) is 110. The minimum absolute atomic E-state index is 0. The van der Waals surface area contributed by atoms with E-state index in [-0.39, 0.29) is 35.3 Å². The SMILES string of the molecule is CO.O=P1([O-])OP(=O)([O-])OP(=O)([O-])O1.[Ru+2].c1ccc(P(=[N+]=P(c2ccccc2)(c2ccccc2)c2ccccc2)(c2ccccc2)c2ccccc2)cc1.c1ccc(P(CCP(c2ccccc2)c2ccccc2)c2ccccc2)cc1. The minimum Gasteiger partial charge on any atom is -0.756 e. The summed E-state index contributed by atoms with van der Waals surface area (Å²) in [4.78, 5) is 30.7. The van der Waals surface area contributed by atoms with Crippen LogP contribution in [0.2, 0.25) is 0 Å². The molecule has 0 saturated carbocycles. The van der Waals surface area contributed by atoms with E-state index in [9.17, 15) is 28.4 Å². The van der Waals surface area contributed by atoms with Crippen LogP contribution in [0.25, 0.3) is 0 Å². The van der Waals surface area contributed by atoms with Gasteiger partial charge >= 0.3 is 33.6 Å². The number of rotatable bonds is 13. The van der Waals surface area contributed by atoms with Gasteiger partial charge in [0, 0.05) is 7.11 Å². The molecule has 10 aromatic carbocycles. The van der Waals surface area contributed by atoms with E-state index in [1.807, 2.05) is 0 Å². The summed E-state index contributed by atoms with van der Waals surface area (Å²) in [6.07, 6.45) is 2.41. The second-order valence-electron chi connectivity index (χ2n) is 17.6. The summed E-state index contributed by atoms with van der Waals surface area (Å²) in [5.74, 6) is 0. The largest absolute Gasteiger partial charge is 2.00 e. The molecular formula is C63H58NO10P7Ru. The van der Waals surface area contributed by atoms with Crippen molar-refractivity contribution in [1.82, 2.24) is 4.17 Å². The van der Waals surface area contributed by atoms with Crippen LogP contribution in [0, 0.1) is 0 Å². The molecule has 0 bridgehead atoms. The van der Waals surface area contributed by atoms with Gasteiger partial charge in [0.15, 0.2) is 0 Å². The second-order valence-corrected chi connectivity index (χ2v) is 33.3. The molecule has 0 aromatic heterocycles. The van der Waals surface area contributed by atoms with Crippen molar-refractivity contribution in [2.75, 3.05) is 19.4 Å². The Labute approximate surface area is 496 Å². The van der Waals surface area contributed by atoms with Crippen molar-refractivity contribution in [2.24, 2.45) is 0 Å². The first-order valence-corrected chi connectivity index (χ1v) is 36.4. The Kier molecular flexibility index (Phi) is 24.3. The zero-order chi connectivity index (χ0) is 57.0. The van der Waals surface area contributed by atoms with Crippen molar-refractivity contribution >= 4 is 106 Å². The van der Waals surface area contributed by atoms with Crippen LogP contribution < -0.4 is 71.9 Å². The molecule has 1 aliphatic rings. The zero-order valence-electron chi connectivity index (χ0n) is 44.3. The maximum Gasteiger partial charge on any atom is 2.00 e. The van der Waals surface area contributed by atoms with E-state index < -0.39 is 37.6 Å². The molecule has 11 nitrogen and oxygen atoms in total. The summed E-state index contributed by atoms with van der Waals surface area (Å²) < 4.78 is 46.6. The van der Waals surface area contributed by atoms with E-state index in [1.54, 1.807) is 0 Å². The van der Waals surface area contributed by atoms with Crippen molar-refractivity contribution in [3.8, 4) is 0 Å². The van der Waals surface area contributed by atoms with Crippen LogP contribution in [-0.2, 0) is 46.1 Å². The molecule has 1 N–H and O–H groups in total. The summed E-state index contributed by atoms with van der Waals surface area (Å²) in [5, 5.41) is 20.4. The number of phosphoric acid groups is 3. The first-order chi connectivity index (χ1) is 39.4. The second kappa shape index (κ2) is 31.0. The van der Waals surface area contributed by atoms with Gasteiger partial charge in [0.1, 0.15) is 0 Å². The molecule has 1 saturated heterocycles. The molecule has 418 valence electrons. The van der Waals surface area contributed by atoms with Crippen LogP contribution in [0.1, 0.15) is 0 Å². The Morgan fingerprint density at radius 2 is 0.463 bits per heavy atom. The smallest absolute Gasteiger partial charge is 0.756 e. The van der Waals surface area contributed by atoms with Gasteiger partial charge in [-0.2, -0.15) is 0 Å². The zero-order valence-corrected chi connectivity index (χ0v) is 52.3. The molecule has 10 aromatic rings. The summed E-state index contributed by atoms with van der Waals surface area (Å²) >= 11 is 0. The van der Waals surface area contributed by atoms with Gasteiger partial charge in [-0.15, -0.1) is 4.17 Å². The average molecular weight is 1310 g/mol. The van der Waals surface area contributed by atoms with Crippen molar-refractivity contribution < 1.29 is 65.9 Å². The third-order valence-electron chi connectivity index (χ3n) is 12.5. The predicted molar refractivity (Wildman–Crippen MR) is 335 cm³/mol. The maximum absolute atomic E-state index is 10.2. The van der Waals surface area contributed by atoms with Gasteiger partial charge in [0.25, 0.3) is 23.5 Å². The molecule has 1 heterocycles. The van der Waals surface area contributed by atoms with Crippen molar-refractivity contribution in [1.29, 1.82) is 0 Å². The van der Waals surface area contributed by atoms with E-state index in [1.165, 1.54) is 65.4 Å². The molecule has 0 atom stereocenters. The topological polar surface area (TPSA) is 182 Å². The number of hydrogen-bond donors (Lipinski definition) is 1. The monoisotopic (exact) mass is 1310 g/mol. The number of nitrogens with zero attached hydrogens (tertiary/aromatic N) is 1. The summed E-state index contributed by atoms with van der Waals surface area (Å²) in [5.41, 5.74) is 0. The third-order valence-corrected chi connectivity index (χ3v) is 31.1. The molecule has 19 heteroatoms. The van der Waals surface area contributed by atoms with Crippen LogP contribution in [0.4, 0.5) is 0 Å². The molecule has 11 rings (SSSR count). The van der Waals surface area contributed by atoms with Gasteiger partial charge in [-0.3, -0.25) is 13.7 Å². The van der Waals surface area contributed by atoms with Gasteiger partial charge in [0.2, 0.25) is 0 Å². The number of aliphatic hydroxyl groups excluding tert-OH is 1. The van der Waals surface area contributed by atoms with Crippen molar-refractivity contribution in [3.05, 3.63) is 303 Å². The van der Waals surface area contributed by atoms with Crippen molar-refractivity contribution in [2.45, 2.75) is 0 Å². The van der Waals surface area contributed by atoms with E-state index in [4.69, 9.17) is 9.28 Å². The van der Waals surface area contributed by atoms with Crippen LogP contribution in [0.15, 0.2) is 303 Å². The van der Waals surface area contributed by atoms with Crippen LogP contribution >= 0.6 is 53.4 Å². The Balaban J connectivity index is 0.000000196. The fraction of sp³-hybridized carbons (Fsp3) is 0.0476. The normalized spacial score (nSPS) is 17.4. The van der Waals surface area contributed by atoms with Gasteiger partial charge in [-0.1, -0.05) is 231 Å². The van der Waals surface area contributed by atoms with Crippen LogP contribution in [-0.4, -0.2) is 24.5 Å². The minimum atomic E-state index is -5.36. The van der Waals surface area contributed by atoms with E-state index in [0.29, 0.717) is 0 Å². The molecule has 0 radical (unpaired) electrons. The van der Waals surface area contributed by atoms with Gasteiger partial charge in [-0.05, 0) is 122 Å². The summed E-state index contributed by atoms with van der Waals surface area (Å²) in [7, 11) is -20.8. The standard InChI is InChI=1S/C36H30NP2.C26H24P2.CH4O.H3O9P3.Ru/c1-7-19-31(20-8-1)38(32-21-9-2-10-22-32,33-23-11-3-12-24-33)37-39(34-25-13-4-14-26-34,35-27-15-5-16-28-35)36-29-17-6-18-30-36;1-5-13-23(14-6-1)27(24-15-7-2-8-16-24)21-22-28(25-17-9-3-10-18-25)26-19-11-4-12-20-26;1-2;1-10(2)7-11(3,4)9-12(5,6)8-10;/h1-30H;1-20H,21-22H2;2H,1H3;(H,1,2)(H,3,4)(H,5,6);/q+1;;;;+2/p-3. The van der Waals surface area contributed by atoms with Crippen LogP contribution in [0.3, 0.4) is 0 Å². The predicted octanol–water partition coefficient (Wildman–Crippen LogP) is 9.72. The first-order valence-electron chi connectivity index (χ1n) is 25.5. The van der Waals surface area contributed by atoms with Crippen LogP contribution in [0.5, 0.6) is 0 Å². The fourth-order valence-corrected chi connectivity index (χ4v) is 28.1. The van der Waals surface area contributed by atoms with E-state index in [2.05, 4.69) is 316 Å². The van der Waals surface area contributed by atoms with E-state index in [0.717, 1.165) is 7.11 Å². The molecule has 0 spiro atoms. The van der Waals surface area contributed by atoms with Gasteiger partial charge in [0.05, 0.1) is 31.8 Å². The van der Waals surface area contributed by atoms with E-state index >= 15 is 0 Å².